The fraction of sp³-hybridized carbons (Fsp3) is 0.217. The van der Waals surface area contributed by atoms with Crippen molar-refractivity contribution >= 4 is 46.5 Å². The number of thioether (sulfide) groups is 1. The average molecular weight is 454 g/mol. The fourth-order valence-corrected chi connectivity index (χ4v) is 4.14. The molecule has 1 aliphatic rings. The lowest BCUT2D eigenvalue weighted by Crippen LogP contribution is -2.36. The van der Waals surface area contributed by atoms with Crippen LogP contribution >= 0.6 is 11.8 Å². The number of carbonyl (C=O) groups excluding carboxylic acids is 4. The normalized spacial score (nSPS) is 14.7. The van der Waals surface area contributed by atoms with Crippen molar-refractivity contribution in [1.29, 1.82) is 0 Å². The Morgan fingerprint density at radius 2 is 1.72 bits per heavy atom. The van der Waals surface area contributed by atoms with E-state index in [4.69, 9.17) is 10.5 Å². The van der Waals surface area contributed by atoms with Crippen molar-refractivity contribution in [2.24, 2.45) is 5.73 Å². The van der Waals surface area contributed by atoms with E-state index in [0.29, 0.717) is 17.0 Å². The van der Waals surface area contributed by atoms with Gasteiger partial charge in [-0.2, -0.15) is 0 Å². The molecule has 1 saturated heterocycles. The summed E-state index contributed by atoms with van der Waals surface area (Å²) < 4.78 is 5.19. The van der Waals surface area contributed by atoms with Gasteiger partial charge in [-0.25, -0.2) is 0 Å². The highest BCUT2D eigenvalue weighted by atomic mass is 32.2. The van der Waals surface area contributed by atoms with Gasteiger partial charge in [0.25, 0.3) is 17.1 Å². The molecule has 3 rings (SSSR count). The van der Waals surface area contributed by atoms with Crippen LogP contribution < -0.4 is 15.8 Å². The number of aryl methyl sites for hydroxylation is 3. The number of amides is 4. The summed E-state index contributed by atoms with van der Waals surface area (Å²) in [5, 5.41) is 2.30. The summed E-state index contributed by atoms with van der Waals surface area (Å²) in [7, 11) is 0. The van der Waals surface area contributed by atoms with E-state index in [0.717, 1.165) is 33.4 Å². The van der Waals surface area contributed by atoms with Crippen LogP contribution in [0.15, 0.2) is 41.3 Å². The minimum absolute atomic E-state index is 0.219. The van der Waals surface area contributed by atoms with Crippen molar-refractivity contribution in [2.45, 2.75) is 20.8 Å². The molecule has 0 aliphatic carbocycles. The summed E-state index contributed by atoms with van der Waals surface area (Å²) >= 11 is 0.778. The first kappa shape index (κ1) is 23.1. The number of carbonyl (C=O) groups is 4. The number of benzene rings is 2. The third-order valence-electron chi connectivity index (χ3n) is 4.68. The van der Waals surface area contributed by atoms with Crippen molar-refractivity contribution in [1.82, 2.24) is 4.90 Å². The zero-order valence-corrected chi connectivity index (χ0v) is 18.7. The van der Waals surface area contributed by atoms with E-state index in [1.165, 1.54) is 0 Å². The van der Waals surface area contributed by atoms with E-state index in [-0.39, 0.29) is 18.1 Å². The minimum Gasteiger partial charge on any atom is -0.484 e. The summed E-state index contributed by atoms with van der Waals surface area (Å²) in [6.07, 6.45) is 1.56. The molecule has 3 N–H and O–H groups in total. The summed E-state index contributed by atoms with van der Waals surface area (Å²) in [5.74, 6) is -1.10. The van der Waals surface area contributed by atoms with Crippen LogP contribution in [0.2, 0.25) is 0 Å². The molecule has 0 bridgehead atoms. The predicted molar refractivity (Wildman–Crippen MR) is 123 cm³/mol. The van der Waals surface area contributed by atoms with Crippen molar-refractivity contribution in [2.75, 3.05) is 18.5 Å². The Bertz CT molecular complexity index is 1100. The van der Waals surface area contributed by atoms with Gasteiger partial charge in [-0.15, -0.1) is 0 Å². The summed E-state index contributed by atoms with van der Waals surface area (Å²) in [4.78, 5) is 49.5. The van der Waals surface area contributed by atoms with Gasteiger partial charge in [-0.05, 0) is 67.4 Å². The molecule has 32 heavy (non-hydrogen) atoms. The maximum atomic E-state index is 12.7. The number of imide groups is 1. The van der Waals surface area contributed by atoms with E-state index in [9.17, 15) is 19.2 Å². The first-order chi connectivity index (χ1) is 15.1. The van der Waals surface area contributed by atoms with E-state index in [2.05, 4.69) is 5.32 Å². The predicted octanol–water partition coefficient (Wildman–Crippen LogP) is 3.15. The van der Waals surface area contributed by atoms with Crippen LogP contribution in [-0.4, -0.2) is 41.0 Å². The van der Waals surface area contributed by atoms with E-state index in [1.54, 1.807) is 30.3 Å². The molecule has 166 valence electrons. The van der Waals surface area contributed by atoms with Crippen molar-refractivity contribution in [3.8, 4) is 5.75 Å². The number of primary amides is 1. The van der Waals surface area contributed by atoms with Gasteiger partial charge >= 0.3 is 0 Å². The number of hydrogen-bond donors (Lipinski definition) is 2. The van der Waals surface area contributed by atoms with E-state index in [1.807, 2.05) is 32.9 Å². The van der Waals surface area contributed by atoms with Gasteiger partial charge in [-0.3, -0.25) is 24.1 Å². The Hall–Kier alpha value is -3.59. The topological polar surface area (TPSA) is 119 Å². The fourth-order valence-electron chi connectivity index (χ4n) is 3.30. The Morgan fingerprint density at radius 1 is 1.09 bits per heavy atom. The van der Waals surface area contributed by atoms with Crippen LogP contribution in [0, 0.1) is 20.8 Å². The van der Waals surface area contributed by atoms with Crippen LogP contribution in [-0.2, 0) is 14.4 Å². The van der Waals surface area contributed by atoms with E-state index >= 15 is 0 Å². The zero-order valence-electron chi connectivity index (χ0n) is 17.9. The molecular formula is C23H23N3O5S. The van der Waals surface area contributed by atoms with E-state index < -0.39 is 23.0 Å². The molecule has 0 spiro atoms. The molecular weight excluding hydrogens is 430 g/mol. The van der Waals surface area contributed by atoms with Crippen LogP contribution in [0.5, 0.6) is 5.75 Å². The van der Waals surface area contributed by atoms with Gasteiger partial charge in [0.2, 0.25) is 5.91 Å². The second kappa shape index (κ2) is 9.69. The van der Waals surface area contributed by atoms with Gasteiger partial charge in [0.15, 0.2) is 6.61 Å². The lowest BCUT2D eigenvalue weighted by atomic mass is 10.1. The maximum Gasteiger partial charge on any atom is 0.294 e. The molecule has 2 aromatic carbocycles. The molecule has 2 aromatic rings. The highest BCUT2D eigenvalue weighted by Crippen LogP contribution is 2.32. The Labute approximate surface area is 189 Å². The van der Waals surface area contributed by atoms with Crippen LogP contribution in [0.3, 0.4) is 0 Å². The Kier molecular flexibility index (Phi) is 6.99. The van der Waals surface area contributed by atoms with Gasteiger partial charge in [0.05, 0.1) is 4.91 Å². The molecule has 1 aliphatic heterocycles. The largest absolute Gasteiger partial charge is 0.484 e. The molecule has 4 amide bonds. The number of anilines is 1. The first-order valence-corrected chi connectivity index (χ1v) is 10.6. The number of nitrogens with zero attached hydrogens (tertiary/aromatic N) is 1. The quantitative estimate of drug-likeness (QED) is 0.622. The van der Waals surface area contributed by atoms with Crippen LogP contribution in [0.1, 0.15) is 22.3 Å². The van der Waals surface area contributed by atoms with Gasteiger partial charge in [0, 0.05) is 5.69 Å². The third kappa shape index (κ3) is 5.55. The molecule has 9 heteroatoms. The molecule has 0 unspecified atom stereocenters. The molecule has 1 fully saturated rings. The average Bonchev–Trinajstić information content (AvgIpc) is 2.97. The first-order valence-electron chi connectivity index (χ1n) is 9.78. The second-order valence-corrected chi connectivity index (χ2v) is 8.41. The maximum absolute atomic E-state index is 12.7. The van der Waals surface area contributed by atoms with Crippen molar-refractivity contribution in [3.05, 3.63) is 63.6 Å². The zero-order chi connectivity index (χ0) is 23.4. The lowest BCUT2D eigenvalue weighted by molar-refractivity contribution is -0.127. The molecule has 0 atom stereocenters. The molecule has 0 aromatic heterocycles. The standard InChI is InChI=1S/C23H23N3O5S/c1-13-8-14(2)21(15(3)9-13)25-20(28)11-26-22(29)18(32-23(26)30)10-16-4-6-17(7-5-16)31-12-19(24)27/h4-10H,11-12H2,1-3H3,(H2,24,27)(H,25,28)/b18-10-. The number of nitrogens with two attached hydrogens (primary N) is 1. The minimum atomic E-state index is -0.584. The monoisotopic (exact) mass is 453 g/mol. The highest BCUT2D eigenvalue weighted by Gasteiger charge is 2.36. The third-order valence-corrected chi connectivity index (χ3v) is 5.58. The van der Waals surface area contributed by atoms with Gasteiger partial charge < -0.3 is 15.8 Å². The van der Waals surface area contributed by atoms with Crippen molar-refractivity contribution in [3.63, 3.8) is 0 Å². The van der Waals surface area contributed by atoms with Crippen molar-refractivity contribution < 1.29 is 23.9 Å². The van der Waals surface area contributed by atoms with Gasteiger partial charge in [0.1, 0.15) is 12.3 Å². The number of hydrogen-bond acceptors (Lipinski definition) is 6. The Morgan fingerprint density at radius 3 is 2.31 bits per heavy atom. The molecule has 0 radical (unpaired) electrons. The van der Waals surface area contributed by atoms with Gasteiger partial charge in [-0.1, -0.05) is 29.8 Å². The Balaban J connectivity index is 1.67. The highest BCUT2D eigenvalue weighted by molar-refractivity contribution is 8.18. The molecule has 0 saturated carbocycles. The number of nitrogens with one attached hydrogen (secondary N) is 1. The molecule has 1 heterocycles. The lowest BCUT2D eigenvalue weighted by Gasteiger charge is -2.15. The SMILES string of the molecule is Cc1cc(C)c(NC(=O)CN2C(=O)S/C(=C\c3ccc(OCC(N)=O)cc3)C2=O)c(C)c1. The smallest absolute Gasteiger partial charge is 0.294 e. The second-order valence-electron chi connectivity index (χ2n) is 7.41. The summed E-state index contributed by atoms with van der Waals surface area (Å²) in [6, 6.07) is 10.5. The van der Waals surface area contributed by atoms with Crippen LogP contribution in [0.25, 0.3) is 6.08 Å². The number of ether oxygens (including phenoxy) is 1. The molecule has 8 nitrogen and oxygen atoms in total. The summed E-state index contributed by atoms with van der Waals surface area (Å²) in [5.41, 5.74) is 9.29. The summed E-state index contributed by atoms with van der Waals surface area (Å²) in [6.45, 7) is 5.15. The number of rotatable bonds is 7. The van der Waals surface area contributed by atoms with Crippen LogP contribution in [0.4, 0.5) is 10.5 Å².